The molecule has 0 N–H and O–H groups in total. The van der Waals surface area contributed by atoms with Crippen molar-refractivity contribution in [2.24, 2.45) is 0 Å². The fraction of sp³-hybridized carbons (Fsp3) is 0.227. The fourth-order valence-corrected chi connectivity index (χ4v) is 5.00. The van der Waals surface area contributed by atoms with E-state index in [1.54, 1.807) is 37.3 Å². The van der Waals surface area contributed by atoms with E-state index in [9.17, 15) is 0 Å². The fourth-order valence-electron chi connectivity index (χ4n) is 3.14. The van der Waals surface area contributed by atoms with Crippen molar-refractivity contribution in [3.63, 3.8) is 0 Å². The molecule has 0 aliphatic rings. The van der Waals surface area contributed by atoms with Crippen LogP contribution in [0.2, 0.25) is 0 Å². The summed E-state index contributed by atoms with van der Waals surface area (Å²) in [6, 6.07) is 14.3. The van der Waals surface area contributed by atoms with E-state index in [1.165, 1.54) is 11.1 Å². The lowest BCUT2D eigenvalue weighted by Crippen LogP contribution is -1.95. The van der Waals surface area contributed by atoms with E-state index < -0.39 is 0 Å². The summed E-state index contributed by atoms with van der Waals surface area (Å²) in [4.78, 5) is 4.74. The maximum atomic E-state index is 5.45. The average molecular weight is 424 g/mol. The SMILES string of the molecule is COc1ccc(-c2nnc(SCc3cccc(C)c3)c3nc(C)sc23)cc1OC. The second-order valence-electron chi connectivity index (χ2n) is 6.61. The number of ether oxygens (including phenoxy) is 2. The Morgan fingerprint density at radius 2 is 1.79 bits per heavy atom. The lowest BCUT2D eigenvalue weighted by Gasteiger charge is -2.10. The van der Waals surface area contributed by atoms with Gasteiger partial charge in [0.25, 0.3) is 0 Å². The maximum Gasteiger partial charge on any atom is 0.161 e. The van der Waals surface area contributed by atoms with Crippen LogP contribution in [-0.4, -0.2) is 29.4 Å². The Hall–Kier alpha value is -2.64. The molecule has 4 rings (SSSR count). The number of methoxy groups -OCH3 is 2. The second-order valence-corrected chi connectivity index (χ2v) is 8.78. The van der Waals surface area contributed by atoms with Crippen LogP contribution in [0, 0.1) is 13.8 Å². The standard InChI is InChI=1S/C22H21N3O2S2/c1-13-6-5-7-15(10-13)12-28-22-20-21(29-14(2)23-20)19(24-25-22)16-8-9-17(26-3)18(11-16)27-4/h5-11H,12H2,1-4H3. The molecular formula is C22H21N3O2S2. The van der Waals surface area contributed by atoms with Crippen molar-refractivity contribution in [3.05, 3.63) is 58.6 Å². The van der Waals surface area contributed by atoms with Gasteiger partial charge >= 0.3 is 0 Å². The molecule has 0 bridgehead atoms. The predicted octanol–water partition coefficient (Wildman–Crippen LogP) is 5.68. The first-order chi connectivity index (χ1) is 14.1. The molecule has 0 amide bonds. The highest BCUT2D eigenvalue weighted by Crippen LogP contribution is 2.38. The van der Waals surface area contributed by atoms with Crippen LogP contribution in [0.4, 0.5) is 0 Å². The van der Waals surface area contributed by atoms with Crippen molar-refractivity contribution in [1.29, 1.82) is 0 Å². The summed E-state index contributed by atoms with van der Waals surface area (Å²) in [7, 11) is 3.26. The molecule has 2 heterocycles. The Bertz CT molecular complexity index is 1170. The first kappa shape index (κ1) is 19.7. The Kier molecular flexibility index (Phi) is 5.69. The van der Waals surface area contributed by atoms with Crippen molar-refractivity contribution in [2.45, 2.75) is 24.6 Å². The molecule has 0 radical (unpaired) electrons. The summed E-state index contributed by atoms with van der Waals surface area (Å²) in [5.74, 6) is 2.18. The van der Waals surface area contributed by atoms with Crippen LogP contribution in [-0.2, 0) is 5.75 Å². The van der Waals surface area contributed by atoms with Crippen molar-refractivity contribution in [1.82, 2.24) is 15.2 Å². The van der Waals surface area contributed by atoms with E-state index >= 15 is 0 Å². The zero-order valence-electron chi connectivity index (χ0n) is 16.7. The summed E-state index contributed by atoms with van der Waals surface area (Å²) >= 11 is 3.30. The van der Waals surface area contributed by atoms with Crippen LogP contribution >= 0.6 is 23.1 Å². The number of thioether (sulfide) groups is 1. The highest BCUT2D eigenvalue weighted by Gasteiger charge is 2.17. The van der Waals surface area contributed by atoms with Crippen LogP contribution in [0.15, 0.2) is 47.5 Å². The number of hydrogen-bond acceptors (Lipinski definition) is 7. The number of thiazole rings is 1. The molecule has 0 atom stereocenters. The molecule has 7 heteroatoms. The minimum atomic E-state index is 0.666. The quantitative estimate of drug-likeness (QED) is 0.372. The van der Waals surface area contributed by atoms with Crippen molar-refractivity contribution < 1.29 is 9.47 Å². The van der Waals surface area contributed by atoms with Crippen LogP contribution < -0.4 is 9.47 Å². The van der Waals surface area contributed by atoms with Crippen LogP contribution in [0.3, 0.4) is 0 Å². The first-order valence-corrected chi connectivity index (χ1v) is 10.9. The van der Waals surface area contributed by atoms with Crippen LogP contribution in [0.1, 0.15) is 16.1 Å². The number of nitrogens with zero attached hydrogens (tertiary/aromatic N) is 3. The van der Waals surface area contributed by atoms with Crippen molar-refractivity contribution >= 4 is 33.3 Å². The lowest BCUT2D eigenvalue weighted by atomic mass is 10.1. The summed E-state index contributed by atoms with van der Waals surface area (Å²) < 4.78 is 11.8. The largest absolute Gasteiger partial charge is 0.493 e. The van der Waals surface area contributed by atoms with E-state index in [0.717, 1.165) is 37.3 Å². The van der Waals surface area contributed by atoms with Gasteiger partial charge in [0.15, 0.2) is 11.5 Å². The minimum Gasteiger partial charge on any atom is -0.493 e. The number of aryl methyl sites for hydroxylation is 2. The topological polar surface area (TPSA) is 57.1 Å². The molecule has 0 aliphatic carbocycles. The highest BCUT2D eigenvalue weighted by atomic mass is 32.2. The van der Waals surface area contributed by atoms with E-state index in [-0.39, 0.29) is 0 Å². The van der Waals surface area contributed by atoms with E-state index in [2.05, 4.69) is 41.4 Å². The maximum absolute atomic E-state index is 5.45. The van der Waals surface area contributed by atoms with Gasteiger partial charge in [-0.3, -0.25) is 0 Å². The molecule has 5 nitrogen and oxygen atoms in total. The van der Waals surface area contributed by atoms with Gasteiger partial charge in [-0.05, 0) is 37.6 Å². The molecule has 0 spiro atoms. The summed E-state index contributed by atoms with van der Waals surface area (Å²) in [5.41, 5.74) is 5.17. The summed E-state index contributed by atoms with van der Waals surface area (Å²) in [6.45, 7) is 4.12. The molecule has 0 aliphatic heterocycles. The van der Waals surface area contributed by atoms with E-state index in [4.69, 9.17) is 14.5 Å². The van der Waals surface area contributed by atoms with Gasteiger partial charge in [-0.2, -0.15) is 0 Å². The smallest absolute Gasteiger partial charge is 0.161 e. The Balaban J connectivity index is 1.72. The molecule has 0 fully saturated rings. The Morgan fingerprint density at radius 3 is 2.55 bits per heavy atom. The lowest BCUT2D eigenvalue weighted by molar-refractivity contribution is 0.355. The van der Waals surface area contributed by atoms with Crippen molar-refractivity contribution in [2.75, 3.05) is 14.2 Å². The van der Waals surface area contributed by atoms with Crippen molar-refractivity contribution in [3.8, 4) is 22.8 Å². The summed E-state index contributed by atoms with van der Waals surface area (Å²) in [5, 5.41) is 10.9. The zero-order valence-corrected chi connectivity index (χ0v) is 18.4. The number of hydrogen-bond donors (Lipinski definition) is 0. The molecule has 0 saturated heterocycles. The summed E-state index contributed by atoms with van der Waals surface area (Å²) in [6.07, 6.45) is 0. The van der Waals surface area contributed by atoms with E-state index in [0.29, 0.717) is 11.5 Å². The third kappa shape index (κ3) is 4.06. The van der Waals surface area contributed by atoms with Gasteiger partial charge in [0, 0.05) is 11.3 Å². The molecule has 0 unspecified atom stereocenters. The Labute approximate surface area is 178 Å². The van der Waals surface area contributed by atoms with Gasteiger partial charge in [0.1, 0.15) is 16.2 Å². The van der Waals surface area contributed by atoms with Gasteiger partial charge in [-0.25, -0.2) is 4.98 Å². The molecule has 4 aromatic rings. The molecule has 0 saturated carbocycles. The van der Waals surface area contributed by atoms with Gasteiger partial charge in [0.05, 0.1) is 23.9 Å². The second kappa shape index (κ2) is 8.39. The molecule has 2 aromatic heterocycles. The number of rotatable bonds is 6. The molecule has 148 valence electrons. The Morgan fingerprint density at radius 1 is 0.966 bits per heavy atom. The third-order valence-corrected chi connectivity index (χ3v) is 6.51. The van der Waals surface area contributed by atoms with Crippen LogP contribution in [0.25, 0.3) is 21.5 Å². The third-order valence-electron chi connectivity index (χ3n) is 4.51. The first-order valence-electron chi connectivity index (χ1n) is 9.13. The van der Waals surface area contributed by atoms with Gasteiger partial charge in [-0.1, -0.05) is 41.6 Å². The molecule has 2 aromatic carbocycles. The monoisotopic (exact) mass is 423 g/mol. The molecule has 29 heavy (non-hydrogen) atoms. The predicted molar refractivity (Wildman–Crippen MR) is 119 cm³/mol. The average Bonchev–Trinajstić information content (AvgIpc) is 3.13. The normalized spacial score (nSPS) is 11.0. The van der Waals surface area contributed by atoms with Gasteiger partial charge in [0.2, 0.25) is 0 Å². The number of benzene rings is 2. The number of aromatic nitrogens is 3. The van der Waals surface area contributed by atoms with Crippen LogP contribution in [0.5, 0.6) is 11.5 Å². The van der Waals surface area contributed by atoms with Gasteiger partial charge < -0.3 is 9.47 Å². The molecular weight excluding hydrogens is 402 g/mol. The van der Waals surface area contributed by atoms with E-state index in [1.807, 2.05) is 25.1 Å². The number of fused-ring (bicyclic) bond motifs is 1. The van der Waals surface area contributed by atoms with Gasteiger partial charge in [-0.15, -0.1) is 21.5 Å². The zero-order chi connectivity index (χ0) is 20.4. The minimum absolute atomic E-state index is 0.666. The highest BCUT2D eigenvalue weighted by molar-refractivity contribution is 7.98.